The van der Waals surface area contributed by atoms with Crippen molar-refractivity contribution in [2.75, 3.05) is 0 Å². The van der Waals surface area contributed by atoms with Gasteiger partial charge in [-0.05, 0) is 13.8 Å². The Morgan fingerprint density at radius 2 is 2.50 bits per heavy atom. The van der Waals surface area contributed by atoms with Crippen LogP contribution < -0.4 is 4.80 Å². The van der Waals surface area contributed by atoms with E-state index in [9.17, 15) is 4.79 Å². The lowest BCUT2D eigenvalue weighted by atomic mass is 10.5. The third kappa shape index (κ3) is 1.92. The van der Waals surface area contributed by atoms with Gasteiger partial charge in [-0.3, -0.25) is 9.36 Å². The Labute approximate surface area is 74.7 Å². The van der Waals surface area contributed by atoms with Gasteiger partial charge in [0, 0.05) is 17.3 Å². The topological polar surface area (TPSA) is 34.4 Å². The van der Waals surface area contributed by atoms with E-state index in [1.807, 2.05) is 25.3 Å². The Hall–Kier alpha value is -1.16. The maximum absolute atomic E-state index is 10.4. The number of hydrogen-bond donors (Lipinski definition) is 0. The van der Waals surface area contributed by atoms with Crippen molar-refractivity contribution in [2.45, 2.75) is 13.8 Å². The predicted octanol–water partition coefficient (Wildman–Crippen LogP) is 1.41. The van der Waals surface area contributed by atoms with Gasteiger partial charge in [0.25, 0.3) is 0 Å². The molecular formula is C8H10N2OS. The van der Waals surface area contributed by atoms with Crippen molar-refractivity contribution in [3.05, 3.63) is 28.2 Å². The maximum Gasteiger partial charge on any atom is 0.220 e. The highest BCUT2D eigenvalue weighted by Gasteiger charge is 1.90. The third-order valence-corrected chi connectivity index (χ3v) is 2.19. The molecule has 0 aliphatic heterocycles. The summed E-state index contributed by atoms with van der Waals surface area (Å²) >= 11 is 1.44. The molecule has 0 saturated heterocycles. The van der Waals surface area contributed by atoms with Gasteiger partial charge in [-0.25, -0.2) is 4.99 Å². The molecule has 0 unspecified atom stereocenters. The van der Waals surface area contributed by atoms with E-state index in [-0.39, 0.29) is 0 Å². The van der Waals surface area contributed by atoms with E-state index in [1.54, 1.807) is 6.20 Å². The molecule has 1 aromatic heterocycles. The second-order valence-corrected chi connectivity index (χ2v) is 3.11. The average Bonchev–Trinajstić information content (AvgIpc) is 2.51. The summed E-state index contributed by atoms with van der Waals surface area (Å²) in [7, 11) is 0. The summed E-state index contributed by atoms with van der Waals surface area (Å²) < 4.78 is 1.46. The van der Waals surface area contributed by atoms with Crippen LogP contribution in [0.3, 0.4) is 0 Å². The zero-order chi connectivity index (χ0) is 8.97. The van der Waals surface area contributed by atoms with Gasteiger partial charge in [0.15, 0.2) is 4.80 Å². The quantitative estimate of drug-likeness (QED) is 0.637. The first-order valence-corrected chi connectivity index (χ1v) is 4.44. The molecule has 0 bridgehead atoms. The van der Waals surface area contributed by atoms with E-state index in [4.69, 9.17) is 0 Å². The van der Waals surface area contributed by atoms with Crippen molar-refractivity contribution in [1.29, 1.82) is 0 Å². The summed E-state index contributed by atoms with van der Waals surface area (Å²) in [4.78, 5) is 15.4. The predicted molar refractivity (Wildman–Crippen MR) is 49.5 cm³/mol. The maximum atomic E-state index is 10.4. The number of allylic oxidation sites excluding steroid dienone is 2. The fourth-order valence-corrected chi connectivity index (χ4v) is 1.40. The van der Waals surface area contributed by atoms with Crippen LogP contribution in [0.25, 0.3) is 0 Å². The van der Waals surface area contributed by atoms with Crippen molar-refractivity contribution >= 4 is 17.7 Å². The molecule has 3 nitrogen and oxygen atoms in total. The highest BCUT2D eigenvalue weighted by atomic mass is 32.1. The van der Waals surface area contributed by atoms with Crippen LogP contribution in [0.15, 0.2) is 28.3 Å². The largest absolute Gasteiger partial charge is 0.278 e. The molecule has 0 aliphatic carbocycles. The zero-order valence-corrected chi connectivity index (χ0v) is 7.84. The number of rotatable bonds is 2. The van der Waals surface area contributed by atoms with E-state index in [1.165, 1.54) is 15.9 Å². The fraction of sp³-hybridized carbons (Fsp3) is 0.250. The lowest BCUT2D eigenvalue weighted by Crippen LogP contribution is -2.12. The van der Waals surface area contributed by atoms with Gasteiger partial charge in [0.05, 0.1) is 0 Å². The van der Waals surface area contributed by atoms with Gasteiger partial charge >= 0.3 is 0 Å². The van der Waals surface area contributed by atoms with Crippen LogP contribution in [0.5, 0.6) is 0 Å². The molecule has 0 fully saturated rings. The van der Waals surface area contributed by atoms with Gasteiger partial charge in [-0.2, -0.15) is 0 Å². The van der Waals surface area contributed by atoms with Crippen molar-refractivity contribution < 1.29 is 4.79 Å². The van der Waals surface area contributed by atoms with E-state index in [2.05, 4.69) is 4.99 Å². The van der Waals surface area contributed by atoms with Crippen LogP contribution in [0.4, 0.5) is 0 Å². The second kappa shape index (κ2) is 4.01. The Morgan fingerprint density at radius 3 is 3.08 bits per heavy atom. The molecule has 0 radical (unpaired) electrons. The van der Waals surface area contributed by atoms with Crippen molar-refractivity contribution in [3.8, 4) is 0 Å². The molecule has 1 heterocycles. The van der Waals surface area contributed by atoms with E-state index >= 15 is 0 Å². The van der Waals surface area contributed by atoms with Crippen LogP contribution in [-0.2, 0) is 4.79 Å². The van der Waals surface area contributed by atoms with Gasteiger partial charge in [-0.15, -0.1) is 11.3 Å². The van der Waals surface area contributed by atoms with Gasteiger partial charge in [0.1, 0.15) is 0 Å². The molecule has 1 rings (SSSR count). The number of carbonyl (C=O) groups is 1. The van der Waals surface area contributed by atoms with Crippen molar-refractivity contribution in [3.63, 3.8) is 0 Å². The minimum absolute atomic E-state index is 0.709. The minimum atomic E-state index is 0.709. The number of thiazole rings is 1. The molecule has 0 spiro atoms. The van der Waals surface area contributed by atoms with Gasteiger partial charge in [0.2, 0.25) is 6.41 Å². The van der Waals surface area contributed by atoms with Gasteiger partial charge in [-0.1, -0.05) is 6.08 Å². The molecule has 0 atom stereocenters. The summed E-state index contributed by atoms with van der Waals surface area (Å²) in [5.41, 5.74) is 0.910. The SMILES string of the molecule is C/C=C(/C)N=c1sccn1C=O. The third-order valence-electron chi connectivity index (χ3n) is 1.42. The highest BCUT2D eigenvalue weighted by Crippen LogP contribution is 1.93. The Balaban J connectivity index is 3.17. The summed E-state index contributed by atoms with van der Waals surface area (Å²) in [5, 5.41) is 1.83. The Morgan fingerprint density at radius 1 is 1.75 bits per heavy atom. The van der Waals surface area contributed by atoms with Gasteiger partial charge < -0.3 is 0 Å². The molecule has 0 saturated carbocycles. The smallest absolute Gasteiger partial charge is 0.220 e. The summed E-state index contributed by atoms with van der Waals surface area (Å²) in [5.74, 6) is 0. The molecule has 0 aliphatic rings. The lowest BCUT2D eigenvalue weighted by Gasteiger charge is -1.88. The van der Waals surface area contributed by atoms with Crippen molar-refractivity contribution in [2.24, 2.45) is 4.99 Å². The molecule has 0 aromatic carbocycles. The first kappa shape index (κ1) is 8.93. The van der Waals surface area contributed by atoms with E-state index < -0.39 is 0 Å². The molecular weight excluding hydrogens is 172 g/mol. The Bertz CT molecular complexity index is 359. The van der Waals surface area contributed by atoms with E-state index in [0.29, 0.717) is 4.80 Å². The summed E-state index contributed by atoms with van der Waals surface area (Å²) in [6.45, 7) is 3.81. The lowest BCUT2D eigenvalue weighted by molar-refractivity contribution is 0.546. The van der Waals surface area contributed by atoms with Crippen LogP contribution in [0.2, 0.25) is 0 Å². The molecule has 0 N–H and O–H groups in total. The van der Waals surface area contributed by atoms with E-state index in [0.717, 1.165) is 12.1 Å². The monoisotopic (exact) mass is 182 g/mol. The fourth-order valence-electron chi connectivity index (χ4n) is 0.661. The summed E-state index contributed by atoms with van der Waals surface area (Å²) in [6, 6.07) is 0. The number of aromatic nitrogens is 1. The normalized spacial score (nSPS) is 13.5. The average molecular weight is 182 g/mol. The van der Waals surface area contributed by atoms with Crippen LogP contribution in [0.1, 0.15) is 13.8 Å². The molecule has 4 heteroatoms. The first-order chi connectivity index (χ1) is 5.77. The standard InChI is InChI=1S/C8H10N2OS/c1-3-7(2)9-8-10(6-11)4-5-12-8/h3-6H,1-2H3/b7-3-,9-8?. The molecule has 64 valence electrons. The number of hydrogen-bond acceptors (Lipinski definition) is 3. The zero-order valence-electron chi connectivity index (χ0n) is 7.02. The molecule has 0 amide bonds. The van der Waals surface area contributed by atoms with Crippen LogP contribution in [-0.4, -0.2) is 11.0 Å². The second-order valence-electron chi connectivity index (χ2n) is 2.24. The Kier molecular flexibility index (Phi) is 2.99. The number of nitrogens with zero attached hydrogens (tertiary/aromatic N) is 2. The first-order valence-electron chi connectivity index (χ1n) is 3.56. The summed E-state index contributed by atoms with van der Waals surface area (Å²) in [6.07, 6.45) is 4.34. The molecule has 12 heavy (non-hydrogen) atoms. The highest BCUT2D eigenvalue weighted by molar-refractivity contribution is 7.07. The minimum Gasteiger partial charge on any atom is -0.278 e. The number of carbonyl (C=O) groups excluding carboxylic acids is 1. The van der Waals surface area contributed by atoms with Crippen molar-refractivity contribution in [1.82, 2.24) is 4.57 Å². The van der Waals surface area contributed by atoms with Crippen LogP contribution in [0, 0.1) is 0 Å². The molecule has 1 aromatic rings. The van der Waals surface area contributed by atoms with Crippen LogP contribution >= 0.6 is 11.3 Å².